The number of nitrogens with one attached hydrogen (secondary N) is 1. The van der Waals surface area contributed by atoms with Crippen LogP contribution in [0.5, 0.6) is 0 Å². The molecule has 0 amide bonds. The Labute approximate surface area is 453 Å². The Morgan fingerprint density at radius 2 is 1.64 bits per heavy atom. The molecular weight excluding hydrogens is 1000 g/mol. The summed E-state index contributed by atoms with van der Waals surface area (Å²) < 4.78 is 61.6. The summed E-state index contributed by atoms with van der Waals surface area (Å²) in [6.45, 7) is 20.6. The number of aromatic carboxylic acids is 1. The van der Waals surface area contributed by atoms with Crippen LogP contribution in [-0.2, 0) is 55.7 Å². The van der Waals surface area contributed by atoms with E-state index in [1.165, 1.54) is 20.2 Å². The van der Waals surface area contributed by atoms with Gasteiger partial charge >= 0.3 is 17.9 Å². The van der Waals surface area contributed by atoms with Crippen LogP contribution in [0.25, 0.3) is 10.9 Å². The van der Waals surface area contributed by atoms with Crippen molar-refractivity contribution in [2.75, 3.05) is 47.9 Å². The summed E-state index contributed by atoms with van der Waals surface area (Å²) in [7, 11) is 7.03. The fourth-order valence-electron chi connectivity index (χ4n) is 11.9. The van der Waals surface area contributed by atoms with Gasteiger partial charge in [0.05, 0.1) is 47.9 Å². The number of carboxylic acid groups (broad SMARTS) is 1. The Bertz CT molecular complexity index is 2370. The molecule has 2 aromatic rings. The number of cyclic esters (lactones) is 1. The van der Waals surface area contributed by atoms with E-state index in [1.54, 1.807) is 66.0 Å². The van der Waals surface area contributed by atoms with Gasteiger partial charge in [0.1, 0.15) is 40.9 Å². The second-order valence-corrected chi connectivity index (χ2v) is 23.2. The Hall–Kier alpha value is -3.71. The van der Waals surface area contributed by atoms with Gasteiger partial charge in [0.15, 0.2) is 18.7 Å². The number of aliphatic hydroxyl groups excluding tert-OH is 2. The Morgan fingerprint density at radius 3 is 2.25 bits per heavy atom. The molecule has 20 nitrogen and oxygen atoms in total. The second kappa shape index (κ2) is 26.7. The summed E-state index contributed by atoms with van der Waals surface area (Å²) >= 11 is 0. The van der Waals surface area contributed by atoms with Crippen LogP contribution < -0.4 is 10.7 Å². The maximum atomic E-state index is 15.2. The van der Waals surface area contributed by atoms with Gasteiger partial charge in [-0.05, 0) is 139 Å². The van der Waals surface area contributed by atoms with E-state index < -0.39 is 125 Å². The van der Waals surface area contributed by atoms with Gasteiger partial charge in [-0.2, -0.15) is 0 Å². The largest absolute Gasteiger partial charge is 0.477 e. The highest BCUT2D eigenvalue weighted by Gasteiger charge is 2.54. The zero-order valence-corrected chi connectivity index (χ0v) is 48.1. The van der Waals surface area contributed by atoms with Gasteiger partial charge in [0.2, 0.25) is 5.43 Å². The van der Waals surface area contributed by atoms with Crippen molar-refractivity contribution in [1.82, 2.24) is 19.7 Å². The molecule has 3 saturated heterocycles. The number of aryl methyl sites for hydroxylation is 2. The molecule has 0 aliphatic carbocycles. The number of ether oxygens (including phenoxy) is 7. The average molecular weight is 1100 g/mol. The lowest BCUT2D eigenvalue weighted by Crippen LogP contribution is -2.61. The molecule has 21 heteroatoms. The fourth-order valence-corrected chi connectivity index (χ4v) is 11.9. The van der Waals surface area contributed by atoms with Gasteiger partial charge in [-0.3, -0.25) is 14.4 Å². The second-order valence-electron chi connectivity index (χ2n) is 23.2. The van der Waals surface area contributed by atoms with Gasteiger partial charge in [-0.15, -0.1) is 0 Å². The normalized spacial score (nSPS) is 37.3. The minimum atomic E-state index is -1.87. The Morgan fingerprint density at radius 1 is 0.961 bits per heavy atom. The van der Waals surface area contributed by atoms with Crippen molar-refractivity contribution in [2.45, 2.75) is 218 Å². The molecule has 6 N–H and O–H groups in total. The van der Waals surface area contributed by atoms with E-state index >= 15 is 4.39 Å². The number of likely N-dealkylation sites (N-methyl/N-ethyl adjacent to an activating group) is 2. The first-order valence-corrected chi connectivity index (χ1v) is 27.5. The number of hydrogen-bond donors (Lipinski definition) is 6. The number of halogens is 1. The molecule has 18 atom stereocenters. The number of methoxy groups -OCH3 is 1. The van der Waals surface area contributed by atoms with Crippen molar-refractivity contribution < 1.29 is 77.5 Å². The first-order chi connectivity index (χ1) is 35.9. The summed E-state index contributed by atoms with van der Waals surface area (Å²) in [6, 6.07) is 1.74. The molecule has 1 aromatic carbocycles. The first kappa shape index (κ1) is 64.1. The maximum absolute atomic E-state index is 15.2. The number of hydrogen-bond acceptors (Lipinski definition) is 18. The molecule has 0 saturated carbocycles. The van der Waals surface area contributed by atoms with Crippen LogP contribution in [0.3, 0.4) is 0 Å². The minimum absolute atomic E-state index is 0.00392. The Balaban J connectivity index is 1.34. The number of benzene rings is 1. The van der Waals surface area contributed by atoms with Gasteiger partial charge in [0.25, 0.3) is 0 Å². The van der Waals surface area contributed by atoms with Crippen LogP contribution in [0, 0.1) is 23.6 Å². The Kier molecular flexibility index (Phi) is 22.2. The van der Waals surface area contributed by atoms with Gasteiger partial charge in [0, 0.05) is 62.7 Å². The number of fused-ring (bicyclic) bond motifs is 1. The monoisotopic (exact) mass is 1090 g/mol. The molecular formula is C56H91FN4O16. The van der Waals surface area contributed by atoms with E-state index in [-0.39, 0.29) is 55.7 Å². The number of nitrogens with zero attached hydrogens (tertiary/aromatic N) is 3. The standard InChI is InChI=1S/C56H91FN4O16/c1-16-42-56(11,70)48(65)34(7)60(14)28-30(3)26-54(9,69)49(77-53-46(64)41(59(12)13)23-31(4)72-53)32(5)47(33(6)52(68)74-42)76-44-27-55(10,71-15)50(35(8)73-44)75-43(62)20-22-58-21-18-19-36-24-40-37(25-39(36)57)45(63)38(51(66)67)29-61(40)17-2/h24-25,29-35,41-42,44,46-50,53,58,64-65,69-70H,16-23,26-28H2,1-15H3,(H,66,67)/t30-,31+,32+,33+,34+,35-,41-,42-,44-,46-,47-,48+,49-,50+,53-,54+,55-,56+/m0/s1. The summed E-state index contributed by atoms with van der Waals surface area (Å²) in [5.41, 5.74) is -5.06. The number of carbonyl (C=O) groups is 3. The van der Waals surface area contributed by atoms with E-state index in [0.717, 1.165) is 6.07 Å². The number of pyridine rings is 1. The van der Waals surface area contributed by atoms with Crippen LogP contribution in [0.2, 0.25) is 0 Å². The quantitative estimate of drug-likeness (QED) is 0.0957. The molecule has 0 spiro atoms. The fraction of sp³-hybridized carbons (Fsp3) is 0.786. The number of aromatic nitrogens is 1. The summed E-state index contributed by atoms with van der Waals surface area (Å²) in [4.78, 5) is 56.3. The van der Waals surface area contributed by atoms with Crippen LogP contribution >= 0.6 is 0 Å². The van der Waals surface area contributed by atoms with E-state index in [9.17, 15) is 44.7 Å². The van der Waals surface area contributed by atoms with Crippen molar-refractivity contribution in [2.24, 2.45) is 17.8 Å². The zero-order chi connectivity index (χ0) is 57.6. The van der Waals surface area contributed by atoms with Crippen molar-refractivity contribution in [3.8, 4) is 0 Å². The molecule has 5 rings (SSSR count). The molecule has 0 unspecified atom stereocenters. The predicted molar refractivity (Wildman–Crippen MR) is 285 cm³/mol. The molecule has 438 valence electrons. The number of esters is 2. The molecule has 4 heterocycles. The maximum Gasteiger partial charge on any atom is 0.341 e. The van der Waals surface area contributed by atoms with E-state index in [2.05, 4.69) is 5.32 Å². The van der Waals surface area contributed by atoms with Crippen molar-refractivity contribution >= 4 is 28.8 Å². The van der Waals surface area contributed by atoms with Crippen LogP contribution in [-0.4, -0.2) is 196 Å². The third-order valence-corrected chi connectivity index (χ3v) is 16.5. The molecule has 1 aromatic heterocycles. The minimum Gasteiger partial charge on any atom is -0.477 e. The number of carbonyl (C=O) groups excluding carboxylic acids is 2. The van der Waals surface area contributed by atoms with Gasteiger partial charge in [-0.25, -0.2) is 9.18 Å². The molecule has 0 radical (unpaired) electrons. The smallest absolute Gasteiger partial charge is 0.341 e. The van der Waals surface area contributed by atoms with Crippen LogP contribution in [0.4, 0.5) is 4.39 Å². The third-order valence-electron chi connectivity index (χ3n) is 16.5. The molecule has 3 fully saturated rings. The van der Waals surface area contributed by atoms with Crippen LogP contribution in [0.1, 0.15) is 131 Å². The van der Waals surface area contributed by atoms with Gasteiger partial charge < -0.3 is 78.4 Å². The molecule has 77 heavy (non-hydrogen) atoms. The van der Waals surface area contributed by atoms with Crippen molar-refractivity contribution in [3.05, 3.63) is 45.5 Å². The van der Waals surface area contributed by atoms with Crippen LogP contribution in [0.15, 0.2) is 23.1 Å². The highest BCUT2D eigenvalue weighted by atomic mass is 19.1. The predicted octanol–water partition coefficient (Wildman–Crippen LogP) is 4.24. The summed E-state index contributed by atoms with van der Waals surface area (Å²) in [6.07, 6.45) is -7.24. The van der Waals surface area contributed by atoms with Crippen molar-refractivity contribution in [1.29, 1.82) is 0 Å². The van der Waals surface area contributed by atoms with E-state index in [0.29, 0.717) is 50.0 Å². The number of carboxylic acids is 1. The number of rotatable bonds is 17. The summed E-state index contributed by atoms with van der Waals surface area (Å²) in [5, 5.41) is 60.8. The lowest BCUT2D eigenvalue weighted by Gasteiger charge is -2.49. The lowest BCUT2D eigenvalue weighted by molar-refractivity contribution is -0.318. The third kappa shape index (κ3) is 15.0. The molecule has 3 aliphatic rings. The number of aliphatic hydroxyl groups is 4. The SMILES string of the molecule is CC[C@@H]1OC(=O)[C@H](C)[C@@H](O[C@H]2C[C@](C)(OC)[C@H](OC(=O)CCNCCCc3cc4c(cc3F)c(=O)c(C(=O)O)cn4CC)[C@H](C)O2)[C@@H](C)[C@H](O[C@@H]2O[C@H](C)C[C@H](N(C)C)[C@@H]2O)[C@](C)(O)C[C@H](C)CN(C)[C@H](C)[C@@H](O)[C@]1(C)O. The highest BCUT2D eigenvalue weighted by Crippen LogP contribution is 2.41. The van der Waals surface area contributed by atoms with Gasteiger partial charge in [-0.1, -0.05) is 20.8 Å². The summed E-state index contributed by atoms with van der Waals surface area (Å²) in [5.74, 6) is -5.45. The lowest BCUT2D eigenvalue weighted by atomic mass is 9.77. The highest BCUT2D eigenvalue weighted by molar-refractivity contribution is 5.92. The first-order valence-electron chi connectivity index (χ1n) is 27.5. The zero-order valence-electron chi connectivity index (χ0n) is 48.1. The van der Waals surface area contributed by atoms with Crippen molar-refractivity contribution in [3.63, 3.8) is 0 Å². The molecule has 3 aliphatic heterocycles. The molecule has 0 bridgehead atoms. The topological polar surface area (TPSA) is 257 Å². The average Bonchev–Trinajstić information content (AvgIpc) is 3.35. The van der Waals surface area contributed by atoms with E-state index in [4.69, 9.17) is 33.2 Å². The van der Waals surface area contributed by atoms with E-state index in [1.807, 2.05) is 44.8 Å².